The number of rotatable bonds is 8. The summed E-state index contributed by atoms with van der Waals surface area (Å²) in [6.45, 7) is 5.34. The molecule has 1 amide bonds. The Labute approximate surface area is 182 Å². The van der Waals surface area contributed by atoms with Crippen LogP contribution in [0.25, 0.3) is 0 Å². The van der Waals surface area contributed by atoms with Gasteiger partial charge in [-0.15, -0.1) is 24.0 Å². The molecule has 0 spiro atoms. The second-order valence-electron chi connectivity index (χ2n) is 7.61. The van der Waals surface area contributed by atoms with E-state index in [1.165, 1.54) is 38.5 Å². The van der Waals surface area contributed by atoms with E-state index < -0.39 is 0 Å². The van der Waals surface area contributed by atoms with E-state index in [0.29, 0.717) is 12.5 Å². The molecule has 1 aliphatic carbocycles. The third-order valence-electron chi connectivity index (χ3n) is 5.29. The maximum absolute atomic E-state index is 11.6. The van der Waals surface area contributed by atoms with Gasteiger partial charge in [0.2, 0.25) is 5.91 Å². The van der Waals surface area contributed by atoms with Crippen LogP contribution >= 0.6 is 24.0 Å². The fourth-order valence-corrected chi connectivity index (χ4v) is 3.71. The first kappa shape index (κ1) is 24.5. The number of halogens is 1. The lowest BCUT2D eigenvalue weighted by Crippen LogP contribution is -2.51. The summed E-state index contributed by atoms with van der Waals surface area (Å²) in [7, 11) is 1.87. The second-order valence-corrected chi connectivity index (χ2v) is 7.61. The number of unbranched alkanes of at least 4 members (excludes halogenated alkanes) is 1. The molecule has 2 fully saturated rings. The molecular formula is C20H39IN4O2. The lowest BCUT2D eigenvalue weighted by atomic mass is 10.1. The minimum Gasteiger partial charge on any atom is -0.378 e. The van der Waals surface area contributed by atoms with E-state index in [1.807, 2.05) is 7.05 Å². The van der Waals surface area contributed by atoms with Gasteiger partial charge < -0.3 is 20.3 Å². The molecular weight excluding hydrogens is 455 g/mol. The molecule has 2 rings (SSSR count). The molecule has 2 N–H and O–H groups in total. The summed E-state index contributed by atoms with van der Waals surface area (Å²) in [5.41, 5.74) is 0. The first-order valence-electron chi connectivity index (χ1n) is 10.6. The van der Waals surface area contributed by atoms with Gasteiger partial charge in [0.05, 0.1) is 6.10 Å². The molecule has 27 heavy (non-hydrogen) atoms. The van der Waals surface area contributed by atoms with Crippen molar-refractivity contribution in [1.82, 2.24) is 15.5 Å². The third kappa shape index (κ3) is 9.96. The van der Waals surface area contributed by atoms with Crippen LogP contribution in [0.15, 0.2) is 4.99 Å². The largest absolute Gasteiger partial charge is 0.378 e. The van der Waals surface area contributed by atoms with E-state index >= 15 is 0 Å². The van der Waals surface area contributed by atoms with Gasteiger partial charge in [0.1, 0.15) is 0 Å². The number of hydrogen-bond donors (Lipinski definition) is 2. The number of ether oxygens (including phenoxy) is 1. The van der Waals surface area contributed by atoms with Crippen LogP contribution in [0.1, 0.15) is 71.1 Å². The first-order valence-corrected chi connectivity index (χ1v) is 10.6. The molecule has 0 bridgehead atoms. The van der Waals surface area contributed by atoms with Gasteiger partial charge in [0.15, 0.2) is 5.96 Å². The van der Waals surface area contributed by atoms with Gasteiger partial charge in [-0.1, -0.05) is 25.7 Å². The number of piperidine rings is 1. The average Bonchev–Trinajstić information content (AvgIpc) is 2.90. The van der Waals surface area contributed by atoms with Crippen LogP contribution in [0.5, 0.6) is 0 Å². The molecule has 0 aromatic heterocycles. The van der Waals surface area contributed by atoms with E-state index in [0.717, 1.165) is 51.5 Å². The van der Waals surface area contributed by atoms with Crippen molar-refractivity contribution < 1.29 is 9.53 Å². The number of likely N-dealkylation sites (tertiary alicyclic amines) is 1. The highest BCUT2D eigenvalue weighted by Crippen LogP contribution is 2.19. The molecule has 1 unspecified atom stereocenters. The fraction of sp³-hybridized carbons (Fsp3) is 0.900. The molecule has 1 heterocycles. The van der Waals surface area contributed by atoms with E-state index in [-0.39, 0.29) is 35.9 Å². The number of carbonyl (C=O) groups is 1. The smallest absolute Gasteiger partial charge is 0.222 e. The van der Waals surface area contributed by atoms with Gasteiger partial charge in [-0.2, -0.15) is 0 Å². The normalized spacial score (nSPS) is 22.1. The number of guanidine groups is 1. The molecule has 1 aliphatic heterocycles. The van der Waals surface area contributed by atoms with Crippen LogP contribution in [0.4, 0.5) is 0 Å². The van der Waals surface area contributed by atoms with Gasteiger partial charge >= 0.3 is 0 Å². The zero-order chi connectivity index (χ0) is 18.6. The van der Waals surface area contributed by atoms with Gasteiger partial charge in [0, 0.05) is 45.8 Å². The zero-order valence-corrected chi connectivity index (χ0v) is 19.5. The van der Waals surface area contributed by atoms with Gasteiger partial charge in [0.25, 0.3) is 0 Å². The molecule has 0 aromatic rings. The summed E-state index contributed by atoms with van der Waals surface area (Å²) >= 11 is 0. The fourth-order valence-electron chi connectivity index (χ4n) is 3.71. The number of hydrogen-bond acceptors (Lipinski definition) is 3. The summed E-state index contributed by atoms with van der Waals surface area (Å²) in [6.07, 6.45) is 12.0. The van der Waals surface area contributed by atoms with Crippen molar-refractivity contribution in [1.29, 1.82) is 0 Å². The van der Waals surface area contributed by atoms with E-state index in [1.54, 1.807) is 4.90 Å². The van der Waals surface area contributed by atoms with Crippen LogP contribution in [0, 0.1) is 0 Å². The summed E-state index contributed by atoms with van der Waals surface area (Å²) < 4.78 is 6.04. The third-order valence-corrected chi connectivity index (χ3v) is 5.29. The first-order chi connectivity index (χ1) is 12.7. The van der Waals surface area contributed by atoms with E-state index in [4.69, 9.17) is 4.74 Å². The van der Waals surface area contributed by atoms with Crippen LogP contribution in [0.3, 0.4) is 0 Å². The van der Waals surface area contributed by atoms with E-state index in [2.05, 4.69) is 22.5 Å². The standard InChI is InChI=1S/C20H38N4O2.HI/c1-3-21-20(23-17-12-13-19(25)24(2)16-17)22-14-8-9-15-26-18-10-6-4-5-7-11-18;/h17-18H,3-16H2,1-2H3,(H2,21,22,23);1H. The Kier molecular flexibility index (Phi) is 13.1. The predicted octanol–water partition coefficient (Wildman–Crippen LogP) is 3.30. The second kappa shape index (κ2) is 14.4. The molecule has 0 radical (unpaired) electrons. The average molecular weight is 494 g/mol. The Morgan fingerprint density at radius 2 is 1.93 bits per heavy atom. The maximum atomic E-state index is 11.6. The lowest BCUT2D eigenvalue weighted by Gasteiger charge is -2.31. The SMILES string of the molecule is CCNC(=NCCCCOC1CCCCCC1)NC1CCC(=O)N(C)C1.I. The minimum atomic E-state index is 0. The Morgan fingerprint density at radius 3 is 2.59 bits per heavy atom. The van der Waals surface area contributed by atoms with Gasteiger partial charge in [-0.25, -0.2) is 0 Å². The molecule has 0 aromatic carbocycles. The van der Waals surface area contributed by atoms with Crippen molar-refractivity contribution in [3.63, 3.8) is 0 Å². The number of nitrogens with zero attached hydrogens (tertiary/aromatic N) is 2. The van der Waals surface area contributed by atoms with Crippen molar-refractivity contribution >= 4 is 35.8 Å². The number of aliphatic imine (C=N–C) groups is 1. The maximum Gasteiger partial charge on any atom is 0.222 e. The quantitative estimate of drug-likeness (QED) is 0.179. The lowest BCUT2D eigenvalue weighted by molar-refractivity contribution is -0.132. The topological polar surface area (TPSA) is 66.0 Å². The van der Waals surface area contributed by atoms with Crippen LogP contribution in [0.2, 0.25) is 0 Å². The zero-order valence-electron chi connectivity index (χ0n) is 17.2. The minimum absolute atomic E-state index is 0. The predicted molar refractivity (Wildman–Crippen MR) is 122 cm³/mol. The Morgan fingerprint density at radius 1 is 1.19 bits per heavy atom. The van der Waals surface area contributed by atoms with Crippen molar-refractivity contribution in [3.05, 3.63) is 0 Å². The number of amides is 1. The van der Waals surface area contributed by atoms with Gasteiger partial charge in [-0.05, 0) is 39.0 Å². The molecule has 158 valence electrons. The number of nitrogens with one attached hydrogen (secondary N) is 2. The Hall–Kier alpha value is -0.570. The van der Waals surface area contributed by atoms with Crippen molar-refractivity contribution in [2.75, 3.05) is 33.3 Å². The number of likely N-dealkylation sites (N-methyl/N-ethyl adjacent to an activating group) is 1. The molecule has 7 heteroatoms. The number of carbonyl (C=O) groups excluding carboxylic acids is 1. The van der Waals surface area contributed by atoms with E-state index in [9.17, 15) is 4.79 Å². The Balaban J connectivity index is 0.00000364. The van der Waals surface area contributed by atoms with Crippen LogP contribution < -0.4 is 10.6 Å². The van der Waals surface area contributed by atoms with Crippen LogP contribution in [-0.2, 0) is 9.53 Å². The van der Waals surface area contributed by atoms with Crippen molar-refractivity contribution in [3.8, 4) is 0 Å². The summed E-state index contributed by atoms with van der Waals surface area (Å²) in [5.74, 6) is 1.10. The molecule has 1 atom stereocenters. The van der Waals surface area contributed by atoms with Crippen molar-refractivity contribution in [2.45, 2.75) is 83.3 Å². The summed E-state index contributed by atoms with van der Waals surface area (Å²) in [5, 5.41) is 6.78. The van der Waals surface area contributed by atoms with Crippen molar-refractivity contribution in [2.24, 2.45) is 4.99 Å². The molecule has 1 saturated carbocycles. The Bertz CT molecular complexity index is 440. The molecule has 1 saturated heterocycles. The highest BCUT2D eigenvalue weighted by Gasteiger charge is 2.23. The highest BCUT2D eigenvalue weighted by molar-refractivity contribution is 14.0. The molecule has 6 nitrogen and oxygen atoms in total. The molecule has 2 aliphatic rings. The highest BCUT2D eigenvalue weighted by atomic mass is 127. The monoisotopic (exact) mass is 494 g/mol. The summed E-state index contributed by atoms with van der Waals surface area (Å²) in [6, 6.07) is 0.286. The summed E-state index contributed by atoms with van der Waals surface area (Å²) in [4.78, 5) is 18.1. The van der Waals surface area contributed by atoms with Gasteiger partial charge in [-0.3, -0.25) is 9.79 Å². The van der Waals surface area contributed by atoms with Crippen LogP contribution in [-0.4, -0.2) is 62.2 Å².